The predicted octanol–water partition coefficient (Wildman–Crippen LogP) is 4.23. The highest BCUT2D eigenvalue weighted by Gasteiger charge is 2.46. The molecule has 3 heteroatoms. The molecule has 0 radical (unpaired) electrons. The van der Waals surface area contributed by atoms with Crippen LogP contribution in [0.25, 0.3) is 16.3 Å². The van der Waals surface area contributed by atoms with Gasteiger partial charge in [0.25, 0.3) is 0 Å². The third kappa shape index (κ3) is 3.19. The first-order chi connectivity index (χ1) is 13.1. The third-order valence-corrected chi connectivity index (χ3v) is 6.85. The molecule has 27 heavy (non-hydrogen) atoms. The molecular formula is C24H28N2O. The van der Waals surface area contributed by atoms with Crippen molar-refractivity contribution in [3.05, 3.63) is 54.1 Å². The van der Waals surface area contributed by atoms with Crippen molar-refractivity contribution in [3.8, 4) is 0 Å². The maximum atomic E-state index is 11.3. The molecule has 1 N–H and O–H groups in total. The van der Waals surface area contributed by atoms with Crippen LogP contribution in [0.5, 0.6) is 0 Å². The van der Waals surface area contributed by atoms with E-state index in [-0.39, 0.29) is 5.91 Å². The molecule has 1 heterocycles. The van der Waals surface area contributed by atoms with Crippen LogP contribution in [0.15, 0.2) is 48.5 Å². The van der Waals surface area contributed by atoms with E-state index in [1.54, 1.807) is 12.5 Å². The molecule has 2 aromatic carbocycles. The van der Waals surface area contributed by atoms with E-state index in [9.17, 15) is 4.79 Å². The minimum absolute atomic E-state index is 0.0975. The standard InChI is InChI=1S/C24H28N2O/c1-17(27)25-22-9-11-26(15-22)16-24-10-8-21(13-24)23(14-24)20-7-6-18-4-2-3-5-19(18)12-20/h2-7,12,14,21-22H,8-11,13,15-16H2,1H3,(H,25,27)/t21?,22-,24?/m1/s1. The van der Waals surface area contributed by atoms with Gasteiger partial charge in [0.2, 0.25) is 5.91 Å². The van der Waals surface area contributed by atoms with E-state index in [0.717, 1.165) is 32.0 Å². The molecule has 2 unspecified atom stereocenters. The molecule has 140 valence electrons. The highest BCUT2D eigenvalue weighted by molar-refractivity contribution is 5.87. The third-order valence-electron chi connectivity index (χ3n) is 6.85. The lowest BCUT2D eigenvalue weighted by molar-refractivity contribution is -0.119. The minimum Gasteiger partial charge on any atom is -0.352 e. The van der Waals surface area contributed by atoms with Gasteiger partial charge in [0, 0.05) is 38.0 Å². The second-order valence-electron chi connectivity index (χ2n) is 8.88. The Morgan fingerprint density at radius 1 is 1.19 bits per heavy atom. The fraction of sp³-hybridized carbons (Fsp3) is 0.458. The molecular weight excluding hydrogens is 332 g/mol. The van der Waals surface area contributed by atoms with E-state index in [2.05, 4.69) is 58.8 Å². The quantitative estimate of drug-likeness (QED) is 0.885. The van der Waals surface area contributed by atoms with Crippen LogP contribution in [0, 0.1) is 11.3 Å². The van der Waals surface area contributed by atoms with E-state index in [1.165, 1.54) is 35.6 Å². The van der Waals surface area contributed by atoms with Gasteiger partial charge in [-0.15, -0.1) is 0 Å². The Morgan fingerprint density at radius 3 is 2.89 bits per heavy atom. The number of rotatable bonds is 4. The van der Waals surface area contributed by atoms with Crippen molar-refractivity contribution < 1.29 is 4.79 Å². The summed E-state index contributed by atoms with van der Waals surface area (Å²) in [4.78, 5) is 13.9. The zero-order valence-electron chi connectivity index (χ0n) is 16.1. The molecule has 1 amide bonds. The molecule has 3 atom stereocenters. The number of amides is 1. The smallest absolute Gasteiger partial charge is 0.217 e. The molecule has 1 aliphatic heterocycles. The Morgan fingerprint density at radius 2 is 2.04 bits per heavy atom. The van der Waals surface area contributed by atoms with Gasteiger partial charge in [-0.25, -0.2) is 0 Å². The topological polar surface area (TPSA) is 32.3 Å². The lowest BCUT2D eigenvalue weighted by Crippen LogP contribution is -2.38. The Kier molecular flexibility index (Phi) is 4.08. The Balaban J connectivity index is 1.35. The van der Waals surface area contributed by atoms with E-state index < -0.39 is 0 Å². The van der Waals surface area contributed by atoms with Crippen LogP contribution < -0.4 is 5.32 Å². The lowest BCUT2D eigenvalue weighted by atomic mass is 9.85. The van der Waals surface area contributed by atoms with Crippen LogP contribution in [0.1, 0.15) is 38.2 Å². The van der Waals surface area contributed by atoms with Crippen molar-refractivity contribution in [1.29, 1.82) is 0 Å². The number of hydrogen-bond donors (Lipinski definition) is 1. The minimum atomic E-state index is 0.0975. The van der Waals surface area contributed by atoms with Crippen LogP contribution in [0.2, 0.25) is 0 Å². The molecule has 2 bridgehead atoms. The summed E-state index contributed by atoms with van der Waals surface area (Å²) in [5, 5.41) is 5.75. The molecule has 1 saturated carbocycles. The summed E-state index contributed by atoms with van der Waals surface area (Å²) in [6.07, 6.45) is 7.63. The van der Waals surface area contributed by atoms with Crippen molar-refractivity contribution in [2.75, 3.05) is 19.6 Å². The molecule has 3 aliphatic rings. The summed E-state index contributed by atoms with van der Waals surface area (Å²) in [6, 6.07) is 15.9. The van der Waals surface area contributed by atoms with Crippen molar-refractivity contribution in [3.63, 3.8) is 0 Å². The van der Waals surface area contributed by atoms with Gasteiger partial charge in [-0.1, -0.05) is 42.5 Å². The molecule has 0 spiro atoms. The van der Waals surface area contributed by atoms with Gasteiger partial charge in [-0.2, -0.15) is 0 Å². The SMILES string of the molecule is CC(=O)N[C@@H]1CCN(CC23C=C(c4ccc5ccccc5c4)C(CC2)C3)C1. The highest BCUT2D eigenvalue weighted by atomic mass is 16.1. The normalized spacial score (nSPS) is 30.0. The van der Waals surface area contributed by atoms with Gasteiger partial charge >= 0.3 is 0 Å². The number of carbonyl (C=O) groups excluding carboxylic acids is 1. The largest absolute Gasteiger partial charge is 0.352 e. The average molecular weight is 361 g/mol. The van der Waals surface area contributed by atoms with Gasteiger partial charge < -0.3 is 10.2 Å². The van der Waals surface area contributed by atoms with Crippen LogP contribution in [-0.4, -0.2) is 36.5 Å². The summed E-state index contributed by atoms with van der Waals surface area (Å²) in [7, 11) is 0. The van der Waals surface area contributed by atoms with Gasteiger partial charge in [-0.3, -0.25) is 4.79 Å². The molecule has 3 nitrogen and oxygen atoms in total. The zero-order chi connectivity index (χ0) is 18.4. The number of benzene rings is 2. The molecule has 2 fully saturated rings. The summed E-state index contributed by atoms with van der Waals surface area (Å²) in [5.41, 5.74) is 3.33. The Hall–Kier alpha value is -2.13. The first-order valence-corrected chi connectivity index (χ1v) is 10.3. The van der Waals surface area contributed by atoms with Crippen LogP contribution in [0.4, 0.5) is 0 Å². The van der Waals surface area contributed by atoms with Gasteiger partial charge in [0.05, 0.1) is 0 Å². The molecule has 2 aromatic rings. The highest BCUT2D eigenvalue weighted by Crippen LogP contribution is 2.56. The monoisotopic (exact) mass is 360 g/mol. The number of allylic oxidation sites excluding steroid dienone is 1. The second kappa shape index (κ2) is 6.49. The van der Waals surface area contributed by atoms with Crippen LogP contribution in [-0.2, 0) is 4.79 Å². The van der Waals surface area contributed by atoms with E-state index in [1.807, 2.05) is 0 Å². The number of hydrogen-bond acceptors (Lipinski definition) is 2. The van der Waals surface area contributed by atoms with Crippen LogP contribution >= 0.6 is 0 Å². The number of nitrogens with one attached hydrogen (secondary N) is 1. The number of carbonyl (C=O) groups is 1. The zero-order valence-corrected chi connectivity index (χ0v) is 16.1. The van der Waals surface area contributed by atoms with Crippen LogP contribution in [0.3, 0.4) is 0 Å². The molecule has 0 aromatic heterocycles. The van der Waals surface area contributed by atoms with Gasteiger partial charge in [0.15, 0.2) is 0 Å². The van der Waals surface area contributed by atoms with Gasteiger partial charge in [-0.05, 0) is 59.6 Å². The second-order valence-corrected chi connectivity index (χ2v) is 8.88. The molecule has 1 saturated heterocycles. The first kappa shape index (κ1) is 17.0. The Bertz CT molecular complexity index is 917. The first-order valence-electron chi connectivity index (χ1n) is 10.3. The summed E-state index contributed by atoms with van der Waals surface area (Å²) >= 11 is 0. The fourth-order valence-electron chi connectivity index (χ4n) is 5.70. The summed E-state index contributed by atoms with van der Waals surface area (Å²) in [5.74, 6) is 0.820. The maximum absolute atomic E-state index is 11.3. The fourth-order valence-corrected chi connectivity index (χ4v) is 5.70. The van der Waals surface area contributed by atoms with Crippen molar-refractivity contribution in [2.45, 2.75) is 38.6 Å². The van der Waals surface area contributed by atoms with E-state index in [4.69, 9.17) is 0 Å². The lowest BCUT2D eigenvalue weighted by Gasteiger charge is -2.30. The Labute approximate surface area is 161 Å². The maximum Gasteiger partial charge on any atom is 0.217 e. The number of likely N-dealkylation sites (tertiary alicyclic amines) is 1. The number of fused-ring (bicyclic) bond motifs is 3. The van der Waals surface area contributed by atoms with Crippen molar-refractivity contribution in [2.24, 2.45) is 11.3 Å². The molecule has 2 aliphatic carbocycles. The number of nitrogens with zero attached hydrogens (tertiary/aromatic N) is 1. The van der Waals surface area contributed by atoms with Crippen molar-refractivity contribution in [1.82, 2.24) is 10.2 Å². The van der Waals surface area contributed by atoms with Crippen molar-refractivity contribution >= 4 is 22.3 Å². The summed E-state index contributed by atoms with van der Waals surface area (Å²) in [6.45, 7) is 4.89. The van der Waals surface area contributed by atoms with E-state index >= 15 is 0 Å². The van der Waals surface area contributed by atoms with E-state index in [0.29, 0.717) is 11.5 Å². The molecule has 5 rings (SSSR count). The average Bonchev–Trinajstić information content (AvgIpc) is 3.36. The summed E-state index contributed by atoms with van der Waals surface area (Å²) < 4.78 is 0. The predicted molar refractivity (Wildman–Crippen MR) is 110 cm³/mol. The van der Waals surface area contributed by atoms with Gasteiger partial charge in [0.1, 0.15) is 0 Å².